The average Bonchev–Trinajstić information content (AvgIpc) is 2.48. The molecule has 2 unspecified atom stereocenters. The first kappa shape index (κ1) is 15.4. The topological polar surface area (TPSA) is 113 Å². The Morgan fingerprint density at radius 2 is 1.25 bits per heavy atom. The first-order chi connectivity index (χ1) is 9.52. The van der Waals surface area contributed by atoms with Gasteiger partial charge in [0.1, 0.15) is 30.5 Å². The first-order valence-electron chi connectivity index (χ1n) is 6.70. The number of benzene rings is 1. The molecule has 1 aliphatic rings. The van der Waals surface area contributed by atoms with Crippen molar-refractivity contribution >= 4 is 0 Å². The van der Waals surface area contributed by atoms with Crippen LogP contribution in [0.25, 0.3) is 0 Å². The maximum atomic E-state index is 9.85. The quantitative estimate of drug-likeness (QED) is 0.381. The lowest BCUT2D eigenvalue weighted by atomic mass is 9.83. The molecule has 20 heavy (non-hydrogen) atoms. The molecule has 0 bridgehead atoms. The van der Waals surface area contributed by atoms with Crippen molar-refractivity contribution in [2.75, 3.05) is 6.54 Å². The van der Waals surface area contributed by atoms with E-state index in [2.05, 4.69) is 5.32 Å². The fourth-order valence-corrected chi connectivity index (χ4v) is 2.50. The van der Waals surface area contributed by atoms with Gasteiger partial charge >= 0.3 is 0 Å². The van der Waals surface area contributed by atoms with E-state index in [-0.39, 0.29) is 0 Å². The summed E-state index contributed by atoms with van der Waals surface area (Å²) < 4.78 is 0. The highest BCUT2D eigenvalue weighted by atomic mass is 16.4. The number of nitrogens with one attached hydrogen (secondary N) is 1. The molecule has 0 heterocycles. The average molecular weight is 283 g/mol. The summed E-state index contributed by atoms with van der Waals surface area (Å²) in [5, 5.41) is 51.3. The molecule has 112 valence electrons. The molecule has 6 heteroatoms. The van der Waals surface area contributed by atoms with Crippen molar-refractivity contribution in [1.29, 1.82) is 0 Å². The van der Waals surface area contributed by atoms with Gasteiger partial charge in [-0.05, 0) is 18.5 Å². The minimum Gasteiger partial charge on any atom is -0.389 e. The smallest absolute Gasteiger partial charge is 0.111 e. The maximum absolute atomic E-state index is 9.85. The van der Waals surface area contributed by atoms with Crippen LogP contribution in [0.3, 0.4) is 0 Å². The molecule has 1 saturated carbocycles. The maximum Gasteiger partial charge on any atom is 0.111 e. The highest BCUT2D eigenvalue weighted by molar-refractivity contribution is 5.15. The van der Waals surface area contributed by atoms with Gasteiger partial charge in [-0.3, -0.25) is 0 Å². The van der Waals surface area contributed by atoms with Crippen LogP contribution in [-0.4, -0.2) is 68.6 Å². The number of rotatable bonds is 4. The zero-order chi connectivity index (χ0) is 14.7. The zero-order valence-corrected chi connectivity index (χ0v) is 11.0. The van der Waals surface area contributed by atoms with Crippen LogP contribution in [0.2, 0.25) is 0 Å². The van der Waals surface area contributed by atoms with Gasteiger partial charge in [0.25, 0.3) is 0 Å². The Morgan fingerprint density at radius 3 is 1.80 bits per heavy atom. The largest absolute Gasteiger partial charge is 0.389 e. The number of hydrogen-bond acceptors (Lipinski definition) is 6. The van der Waals surface area contributed by atoms with Gasteiger partial charge in [0.15, 0.2) is 0 Å². The van der Waals surface area contributed by atoms with Gasteiger partial charge in [-0.1, -0.05) is 30.3 Å². The Bertz CT molecular complexity index is 399. The van der Waals surface area contributed by atoms with Crippen molar-refractivity contribution < 1.29 is 25.5 Å². The van der Waals surface area contributed by atoms with Gasteiger partial charge in [0.05, 0.1) is 6.04 Å². The van der Waals surface area contributed by atoms with Crippen molar-refractivity contribution in [3.63, 3.8) is 0 Å². The molecule has 0 radical (unpaired) electrons. The van der Waals surface area contributed by atoms with Crippen molar-refractivity contribution in [3.8, 4) is 0 Å². The monoisotopic (exact) mass is 283 g/mol. The van der Waals surface area contributed by atoms with Crippen LogP contribution >= 0.6 is 0 Å². The molecule has 1 fully saturated rings. The van der Waals surface area contributed by atoms with Crippen molar-refractivity contribution in [3.05, 3.63) is 35.9 Å². The Labute approximate surface area is 117 Å². The third-order valence-electron chi connectivity index (χ3n) is 3.77. The van der Waals surface area contributed by atoms with Gasteiger partial charge in [0.2, 0.25) is 0 Å². The second kappa shape index (κ2) is 6.62. The lowest BCUT2D eigenvalue weighted by molar-refractivity contribution is -0.190. The fraction of sp³-hybridized carbons (Fsp3) is 0.571. The predicted octanol–water partition coefficient (Wildman–Crippen LogP) is -1.99. The van der Waals surface area contributed by atoms with Gasteiger partial charge < -0.3 is 30.8 Å². The van der Waals surface area contributed by atoms with E-state index in [9.17, 15) is 25.5 Å². The minimum atomic E-state index is -1.55. The molecule has 1 aliphatic carbocycles. The predicted molar refractivity (Wildman–Crippen MR) is 72.0 cm³/mol. The van der Waals surface area contributed by atoms with Crippen molar-refractivity contribution in [2.45, 2.75) is 43.0 Å². The Kier molecular flexibility index (Phi) is 5.09. The molecule has 0 aromatic heterocycles. The molecular weight excluding hydrogens is 262 g/mol. The summed E-state index contributed by atoms with van der Waals surface area (Å²) in [4.78, 5) is 0. The summed E-state index contributed by atoms with van der Waals surface area (Å²) in [6.07, 6.45) is -6.50. The van der Waals surface area contributed by atoms with E-state index in [1.165, 1.54) is 0 Å². The highest BCUT2D eigenvalue weighted by Crippen LogP contribution is 2.21. The SMILES string of the molecule is OC1[C@@H](O)[C@H](O)C(NCCc2ccccc2)[C@H](O)[C@H]1O. The lowest BCUT2D eigenvalue weighted by Gasteiger charge is -2.42. The van der Waals surface area contributed by atoms with Crippen LogP contribution in [0.15, 0.2) is 30.3 Å². The number of hydrogen-bond donors (Lipinski definition) is 6. The highest BCUT2D eigenvalue weighted by Gasteiger charge is 2.47. The van der Waals surface area contributed by atoms with E-state index in [1.54, 1.807) is 0 Å². The summed E-state index contributed by atoms with van der Waals surface area (Å²) in [6, 6.07) is 8.80. The second-order valence-corrected chi connectivity index (χ2v) is 5.17. The fourth-order valence-electron chi connectivity index (χ4n) is 2.50. The van der Waals surface area contributed by atoms with Gasteiger partial charge in [-0.15, -0.1) is 0 Å². The molecule has 2 rings (SSSR count). The Hall–Kier alpha value is -1.02. The van der Waals surface area contributed by atoms with Gasteiger partial charge in [-0.25, -0.2) is 0 Å². The number of aliphatic hydroxyl groups is 5. The molecule has 0 amide bonds. The molecule has 1 aromatic carbocycles. The minimum absolute atomic E-state index is 0.471. The van der Waals surface area contributed by atoms with E-state index in [4.69, 9.17) is 0 Å². The van der Waals surface area contributed by atoms with E-state index < -0.39 is 36.6 Å². The molecule has 6 atom stereocenters. The third kappa shape index (κ3) is 3.17. The molecule has 0 saturated heterocycles. The summed E-state index contributed by atoms with van der Waals surface area (Å²) in [5.41, 5.74) is 1.10. The van der Waals surface area contributed by atoms with Crippen molar-refractivity contribution in [1.82, 2.24) is 5.32 Å². The first-order valence-corrected chi connectivity index (χ1v) is 6.70. The third-order valence-corrected chi connectivity index (χ3v) is 3.77. The van der Waals surface area contributed by atoms with Crippen LogP contribution in [0, 0.1) is 0 Å². The van der Waals surface area contributed by atoms with Gasteiger partial charge in [0, 0.05) is 0 Å². The molecule has 1 aromatic rings. The number of aliphatic hydroxyl groups excluding tert-OH is 5. The molecule has 6 nitrogen and oxygen atoms in total. The van der Waals surface area contributed by atoms with Crippen LogP contribution < -0.4 is 5.32 Å². The van der Waals surface area contributed by atoms with E-state index in [1.807, 2.05) is 30.3 Å². The van der Waals surface area contributed by atoms with E-state index in [0.717, 1.165) is 5.56 Å². The Morgan fingerprint density at radius 1 is 0.750 bits per heavy atom. The zero-order valence-electron chi connectivity index (χ0n) is 11.0. The normalized spacial score (nSPS) is 37.9. The van der Waals surface area contributed by atoms with E-state index >= 15 is 0 Å². The van der Waals surface area contributed by atoms with E-state index in [0.29, 0.717) is 13.0 Å². The summed E-state index contributed by atoms with van der Waals surface area (Å²) >= 11 is 0. The summed E-state index contributed by atoms with van der Waals surface area (Å²) in [6.45, 7) is 0.471. The molecule has 0 spiro atoms. The van der Waals surface area contributed by atoms with Crippen LogP contribution in [0.5, 0.6) is 0 Å². The van der Waals surface area contributed by atoms with Crippen LogP contribution in [0.1, 0.15) is 5.56 Å². The van der Waals surface area contributed by atoms with Crippen LogP contribution in [0.4, 0.5) is 0 Å². The molecular formula is C14H21NO5. The van der Waals surface area contributed by atoms with Gasteiger partial charge in [-0.2, -0.15) is 0 Å². The summed E-state index contributed by atoms with van der Waals surface area (Å²) in [7, 11) is 0. The summed E-state index contributed by atoms with van der Waals surface area (Å²) in [5.74, 6) is 0. The molecule has 0 aliphatic heterocycles. The lowest BCUT2D eigenvalue weighted by Crippen LogP contribution is -2.67. The van der Waals surface area contributed by atoms with Crippen LogP contribution in [-0.2, 0) is 6.42 Å². The van der Waals surface area contributed by atoms with Crippen molar-refractivity contribution in [2.24, 2.45) is 0 Å². The Balaban J connectivity index is 1.91. The standard InChI is InChI=1S/C14H21NO5/c16-10-9(11(17)13(19)14(20)12(10)18)15-7-6-8-4-2-1-3-5-8/h1-5,9-20H,6-7H2/t9?,10-,11+,12+,13-,14?. The second-order valence-electron chi connectivity index (χ2n) is 5.17. The molecule has 6 N–H and O–H groups in total.